The Bertz CT molecular complexity index is 803. The first-order valence-electron chi connectivity index (χ1n) is 8.70. The van der Waals surface area contributed by atoms with Crippen molar-refractivity contribution < 1.29 is 18.0 Å². The minimum atomic E-state index is -3.59. The Balaban J connectivity index is 0.00000364. The van der Waals surface area contributed by atoms with Gasteiger partial charge in [0.15, 0.2) is 14.6 Å². The van der Waals surface area contributed by atoms with Gasteiger partial charge in [-0.05, 0) is 64.4 Å². The molecule has 152 valence electrons. The highest BCUT2D eigenvalue weighted by Gasteiger charge is 2.48. The van der Waals surface area contributed by atoms with Crippen LogP contribution in [0.25, 0.3) is 0 Å². The molecule has 1 heterocycles. The fraction of sp³-hybridized carbons (Fsp3) is 0.556. The minimum Gasteiger partial charge on any atom is -0.350 e. The number of carbonyl (C=O) groups is 2. The quantitative estimate of drug-likeness (QED) is 0.675. The molecule has 9 heteroatoms. The van der Waals surface area contributed by atoms with E-state index in [-0.39, 0.29) is 37.2 Å². The number of hydrogen-bond acceptors (Lipinski definition) is 5. The van der Waals surface area contributed by atoms with Gasteiger partial charge in [0.25, 0.3) is 5.91 Å². The molecule has 1 saturated heterocycles. The zero-order valence-corrected chi connectivity index (χ0v) is 17.7. The lowest BCUT2D eigenvalue weighted by Crippen LogP contribution is -2.55. The number of sulfone groups is 1. The Morgan fingerprint density at radius 1 is 1.19 bits per heavy atom. The van der Waals surface area contributed by atoms with Crippen LogP contribution in [0.3, 0.4) is 0 Å². The first-order chi connectivity index (χ1) is 12.1. The summed E-state index contributed by atoms with van der Waals surface area (Å²) in [6.45, 7) is 6.48. The number of amides is 2. The second kappa shape index (κ2) is 9.03. The van der Waals surface area contributed by atoms with Crippen LogP contribution in [0, 0.1) is 6.92 Å². The van der Waals surface area contributed by atoms with E-state index in [0.29, 0.717) is 24.3 Å². The average Bonchev–Trinajstić information content (AvgIpc) is 2.55. The van der Waals surface area contributed by atoms with Gasteiger partial charge in [-0.1, -0.05) is 6.07 Å². The summed E-state index contributed by atoms with van der Waals surface area (Å²) < 4.78 is 23.2. The van der Waals surface area contributed by atoms with Crippen molar-refractivity contribution in [3.8, 4) is 0 Å². The van der Waals surface area contributed by atoms with Crippen molar-refractivity contribution in [2.24, 2.45) is 0 Å². The maximum Gasteiger partial charge on any atom is 0.251 e. The summed E-state index contributed by atoms with van der Waals surface area (Å²) >= 11 is 0. The number of aryl methyl sites for hydroxylation is 1. The molecular formula is C18H28ClN3O4S. The highest BCUT2D eigenvalue weighted by Crippen LogP contribution is 2.29. The Morgan fingerprint density at radius 2 is 1.78 bits per heavy atom. The van der Waals surface area contributed by atoms with Crippen LogP contribution < -0.4 is 16.0 Å². The lowest BCUT2D eigenvalue weighted by atomic mass is 9.95. The zero-order valence-electron chi connectivity index (χ0n) is 16.1. The SMILES string of the molecule is Cc1ccc(NC(=O)C2(S(C)(=O)=O)CCNCC2)cc1C(=O)NC(C)C.Cl. The number of carbonyl (C=O) groups excluding carboxylic acids is 2. The molecule has 1 aliphatic rings. The highest BCUT2D eigenvalue weighted by atomic mass is 35.5. The maximum atomic E-state index is 12.9. The number of nitrogens with one attached hydrogen (secondary N) is 3. The molecule has 1 fully saturated rings. The molecule has 0 radical (unpaired) electrons. The van der Waals surface area contributed by atoms with Crippen LogP contribution >= 0.6 is 12.4 Å². The molecule has 3 N–H and O–H groups in total. The zero-order chi connectivity index (χ0) is 19.5. The molecular weight excluding hydrogens is 390 g/mol. The standard InChI is InChI=1S/C18H27N3O4S.ClH/c1-12(2)20-16(22)15-11-14(6-5-13(15)3)21-17(23)18(26(4,24)25)7-9-19-10-8-18;/h5-6,11-12,19H,7-10H2,1-4H3,(H,20,22)(H,21,23);1H. The molecule has 1 aromatic carbocycles. The third-order valence-corrected chi connectivity index (χ3v) is 6.71. The molecule has 1 aliphatic heterocycles. The summed E-state index contributed by atoms with van der Waals surface area (Å²) in [5, 5.41) is 8.61. The molecule has 2 amide bonds. The molecule has 0 aromatic heterocycles. The topological polar surface area (TPSA) is 104 Å². The van der Waals surface area contributed by atoms with Gasteiger partial charge in [-0.3, -0.25) is 9.59 Å². The Hall–Kier alpha value is -1.64. The maximum absolute atomic E-state index is 12.9. The van der Waals surface area contributed by atoms with E-state index >= 15 is 0 Å². The molecule has 0 atom stereocenters. The smallest absolute Gasteiger partial charge is 0.251 e. The van der Waals surface area contributed by atoms with Crippen LogP contribution in [0.15, 0.2) is 18.2 Å². The van der Waals surface area contributed by atoms with Crippen molar-refractivity contribution in [3.05, 3.63) is 29.3 Å². The third-order valence-electron chi connectivity index (χ3n) is 4.69. The number of piperidine rings is 1. The Kier molecular flexibility index (Phi) is 7.83. The number of halogens is 1. The van der Waals surface area contributed by atoms with Gasteiger partial charge in [-0.15, -0.1) is 12.4 Å². The summed E-state index contributed by atoms with van der Waals surface area (Å²) in [5.41, 5.74) is 1.65. The van der Waals surface area contributed by atoms with E-state index in [1.54, 1.807) is 18.2 Å². The van der Waals surface area contributed by atoms with E-state index in [0.717, 1.165) is 11.8 Å². The largest absolute Gasteiger partial charge is 0.350 e. The van der Waals surface area contributed by atoms with E-state index in [2.05, 4.69) is 16.0 Å². The molecule has 0 saturated carbocycles. The van der Waals surface area contributed by atoms with Crippen molar-refractivity contribution in [3.63, 3.8) is 0 Å². The molecule has 0 aliphatic carbocycles. The normalized spacial score (nSPS) is 16.3. The third kappa shape index (κ3) is 5.21. The number of rotatable bonds is 5. The number of benzene rings is 1. The van der Waals surface area contributed by atoms with E-state index in [1.165, 1.54) is 0 Å². The van der Waals surface area contributed by atoms with E-state index < -0.39 is 20.5 Å². The van der Waals surface area contributed by atoms with Crippen LogP contribution in [0.4, 0.5) is 5.69 Å². The van der Waals surface area contributed by atoms with Crippen LogP contribution in [0.1, 0.15) is 42.6 Å². The predicted molar refractivity (Wildman–Crippen MR) is 109 cm³/mol. The summed E-state index contributed by atoms with van der Waals surface area (Å²) in [6, 6.07) is 4.99. The van der Waals surface area contributed by atoms with Crippen molar-refractivity contribution in [1.82, 2.24) is 10.6 Å². The number of hydrogen-bond donors (Lipinski definition) is 3. The number of anilines is 1. The van der Waals surface area contributed by atoms with Gasteiger partial charge in [0.05, 0.1) is 0 Å². The Labute approximate surface area is 167 Å². The van der Waals surface area contributed by atoms with Crippen molar-refractivity contribution in [2.75, 3.05) is 24.7 Å². The molecule has 7 nitrogen and oxygen atoms in total. The van der Waals surface area contributed by atoms with Crippen LogP contribution in [0.2, 0.25) is 0 Å². The molecule has 0 unspecified atom stereocenters. The summed E-state index contributed by atoms with van der Waals surface area (Å²) in [4.78, 5) is 25.2. The molecule has 1 aromatic rings. The second-order valence-corrected chi connectivity index (χ2v) is 9.45. The summed E-state index contributed by atoms with van der Waals surface area (Å²) in [7, 11) is -3.59. The van der Waals surface area contributed by atoms with Gasteiger partial charge in [0, 0.05) is 23.5 Å². The fourth-order valence-corrected chi connectivity index (χ4v) is 4.46. The van der Waals surface area contributed by atoms with Crippen molar-refractivity contribution >= 4 is 39.7 Å². The molecule has 27 heavy (non-hydrogen) atoms. The second-order valence-electron chi connectivity index (χ2n) is 7.13. The molecule has 0 spiro atoms. The average molecular weight is 418 g/mol. The predicted octanol–water partition coefficient (Wildman–Crippen LogP) is 1.66. The monoisotopic (exact) mass is 417 g/mol. The van der Waals surface area contributed by atoms with Gasteiger partial charge >= 0.3 is 0 Å². The van der Waals surface area contributed by atoms with Gasteiger partial charge in [0.2, 0.25) is 5.91 Å². The first-order valence-corrected chi connectivity index (χ1v) is 10.6. The van der Waals surface area contributed by atoms with Crippen LogP contribution in [0.5, 0.6) is 0 Å². The summed E-state index contributed by atoms with van der Waals surface area (Å²) in [6.07, 6.45) is 1.56. The van der Waals surface area contributed by atoms with Crippen LogP contribution in [-0.2, 0) is 14.6 Å². The van der Waals surface area contributed by atoms with Crippen molar-refractivity contribution in [2.45, 2.75) is 44.4 Å². The minimum absolute atomic E-state index is 0. The highest BCUT2D eigenvalue weighted by molar-refractivity contribution is 7.92. The molecule has 2 rings (SSSR count). The lowest BCUT2D eigenvalue weighted by Gasteiger charge is -2.34. The van der Waals surface area contributed by atoms with Gasteiger partial charge < -0.3 is 16.0 Å². The molecule has 0 bridgehead atoms. The van der Waals surface area contributed by atoms with E-state index in [1.807, 2.05) is 20.8 Å². The van der Waals surface area contributed by atoms with Crippen molar-refractivity contribution in [1.29, 1.82) is 0 Å². The van der Waals surface area contributed by atoms with E-state index in [9.17, 15) is 18.0 Å². The van der Waals surface area contributed by atoms with E-state index in [4.69, 9.17) is 0 Å². The van der Waals surface area contributed by atoms with Crippen LogP contribution in [-0.4, -0.2) is 50.4 Å². The fourth-order valence-electron chi connectivity index (χ4n) is 3.13. The first kappa shape index (κ1) is 23.4. The Morgan fingerprint density at radius 3 is 2.30 bits per heavy atom. The van der Waals surface area contributed by atoms with Gasteiger partial charge in [-0.25, -0.2) is 8.42 Å². The van der Waals surface area contributed by atoms with Gasteiger partial charge in [-0.2, -0.15) is 0 Å². The van der Waals surface area contributed by atoms with Gasteiger partial charge in [0.1, 0.15) is 0 Å². The summed E-state index contributed by atoms with van der Waals surface area (Å²) in [5.74, 6) is -0.770. The lowest BCUT2D eigenvalue weighted by molar-refractivity contribution is -0.119.